The minimum absolute atomic E-state index is 0.0105. The molecule has 0 aromatic heterocycles. The summed E-state index contributed by atoms with van der Waals surface area (Å²) in [6.45, 7) is 10.6. The molecule has 31 heavy (non-hydrogen) atoms. The number of hydrogen-bond acceptors (Lipinski definition) is 4. The molecule has 3 aliphatic heterocycles. The third kappa shape index (κ3) is 5.12. The Labute approximate surface area is 186 Å². The highest BCUT2D eigenvalue weighted by Gasteiger charge is 2.35. The lowest BCUT2D eigenvalue weighted by atomic mass is 9.88. The van der Waals surface area contributed by atoms with Gasteiger partial charge in [0.1, 0.15) is 0 Å². The Hall–Kier alpha value is -1.92. The van der Waals surface area contributed by atoms with E-state index in [0.29, 0.717) is 36.9 Å². The van der Waals surface area contributed by atoms with Gasteiger partial charge in [0, 0.05) is 55.8 Å². The maximum Gasteiger partial charge on any atom is 0.253 e. The molecule has 1 aromatic rings. The monoisotopic (exact) mass is 427 g/mol. The fourth-order valence-electron chi connectivity index (χ4n) is 5.34. The third-order valence-corrected chi connectivity index (χ3v) is 7.20. The topological polar surface area (TPSA) is 53.1 Å². The molecule has 2 amide bonds. The Morgan fingerprint density at radius 1 is 1.06 bits per heavy atom. The smallest absolute Gasteiger partial charge is 0.253 e. The molecule has 0 spiro atoms. The average Bonchev–Trinajstić information content (AvgIpc) is 2.77. The van der Waals surface area contributed by atoms with Crippen molar-refractivity contribution in [1.82, 2.24) is 14.7 Å². The van der Waals surface area contributed by atoms with Crippen molar-refractivity contribution in [1.29, 1.82) is 0 Å². The number of hydrogen-bond donors (Lipinski definition) is 0. The van der Waals surface area contributed by atoms with Crippen LogP contribution >= 0.6 is 0 Å². The molecule has 0 bridgehead atoms. The summed E-state index contributed by atoms with van der Waals surface area (Å²) >= 11 is 0. The van der Waals surface area contributed by atoms with Gasteiger partial charge in [0.25, 0.3) is 11.8 Å². The van der Waals surface area contributed by atoms with Gasteiger partial charge in [-0.25, -0.2) is 0 Å². The van der Waals surface area contributed by atoms with Crippen molar-refractivity contribution in [3.05, 3.63) is 35.4 Å². The third-order valence-electron chi connectivity index (χ3n) is 7.20. The van der Waals surface area contributed by atoms with Crippen molar-refractivity contribution in [3.63, 3.8) is 0 Å². The lowest BCUT2D eigenvalue weighted by molar-refractivity contribution is -0.109. The van der Waals surface area contributed by atoms with Crippen LogP contribution in [0.1, 0.15) is 60.2 Å². The SMILES string of the molecule is CC1CCCN(C2CCN(C(=O)c3ccc(C(=O)N(C)CC4(C)COC4)cc3)CC2)C1. The van der Waals surface area contributed by atoms with E-state index in [2.05, 4.69) is 18.7 Å². The van der Waals surface area contributed by atoms with Crippen LogP contribution in [0.15, 0.2) is 24.3 Å². The fraction of sp³-hybridized carbons (Fsp3) is 0.680. The second-order valence-corrected chi connectivity index (χ2v) is 10.3. The van der Waals surface area contributed by atoms with Gasteiger partial charge < -0.3 is 14.5 Å². The molecular formula is C25H37N3O3. The summed E-state index contributed by atoms with van der Waals surface area (Å²) in [6.07, 6.45) is 4.76. The van der Waals surface area contributed by atoms with Crippen LogP contribution in [0.5, 0.6) is 0 Å². The lowest BCUT2D eigenvalue weighted by Gasteiger charge is -2.41. The van der Waals surface area contributed by atoms with E-state index in [4.69, 9.17) is 4.74 Å². The van der Waals surface area contributed by atoms with E-state index >= 15 is 0 Å². The van der Waals surface area contributed by atoms with Crippen molar-refractivity contribution in [2.75, 3.05) is 53.0 Å². The molecule has 3 saturated heterocycles. The van der Waals surface area contributed by atoms with Gasteiger partial charge in [-0.3, -0.25) is 14.5 Å². The van der Waals surface area contributed by atoms with Gasteiger partial charge in [-0.15, -0.1) is 0 Å². The second kappa shape index (κ2) is 9.29. The molecule has 1 atom stereocenters. The highest BCUT2D eigenvalue weighted by molar-refractivity contribution is 5.97. The predicted molar refractivity (Wildman–Crippen MR) is 121 cm³/mol. The summed E-state index contributed by atoms with van der Waals surface area (Å²) in [5.74, 6) is 0.860. The lowest BCUT2D eigenvalue weighted by Crippen LogP contribution is -2.49. The minimum atomic E-state index is -0.0105. The predicted octanol–water partition coefficient (Wildman–Crippen LogP) is 3.13. The molecule has 170 valence electrons. The van der Waals surface area contributed by atoms with Gasteiger partial charge in [-0.2, -0.15) is 0 Å². The summed E-state index contributed by atoms with van der Waals surface area (Å²) in [7, 11) is 1.83. The number of carbonyl (C=O) groups excluding carboxylic acids is 2. The van der Waals surface area contributed by atoms with Crippen molar-refractivity contribution >= 4 is 11.8 Å². The van der Waals surface area contributed by atoms with E-state index in [-0.39, 0.29) is 17.2 Å². The number of benzene rings is 1. The number of likely N-dealkylation sites (tertiary alicyclic amines) is 2. The Morgan fingerprint density at radius 3 is 2.29 bits per heavy atom. The summed E-state index contributed by atoms with van der Waals surface area (Å²) in [6, 6.07) is 7.79. The standard InChI is InChI=1S/C25H37N3O3/c1-19-5-4-12-28(15-19)22-10-13-27(14-11-22)24(30)21-8-6-20(7-9-21)23(29)26(3)16-25(2)17-31-18-25/h6-9,19,22H,4-5,10-18H2,1-3H3. The highest BCUT2D eigenvalue weighted by Crippen LogP contribution is 2.28. The molecule has 0 radical (unpaired) electrons. The highest BCUT2D eigenvalue weighted by atomic mass is 16.5. The van der Waals surface area contributed by atoms with Gasteiger partial charge >= 0.3 is 0 Å². The van der Waals surface area contributed by atoms with Crippen molar-refractivity contribution in [3.8, 4) is 0 Å². The molecule has 0 N–H and O–H groups in total. The van der Waals surface area contributed by atoms with Gasteiger partial charge in [0.2, 0.25) is 0 Å². The van der Waals surface area contributed by atoms with Crippen LogP contribution in [-0.4, -0.2) is 85.5 Å². The molecule has 0 saturated carbocycles. The number of amides is 2. The molecule has 3 aliphatic rings. The molecular weight excluding hydrogens is 390 g/mol. The Kier molecular flexibility index (Phi) is 6.68. The Balaban J connectivity index is 1.30. The first-order valence-electron chi connectivity index (χ1n) is 11.8. The molecule has 6 heteroatoms. The van der Waals surface area contributed by atoms with Crippen LogP contribution in [0.3, 0.4) is 0 Å². The summed E-state index contributed by atoms with van der Waals surface area (Å²) in [5, 5.41) is 0. The Bertz CT molecular complexity index is 782. The first-order chi connectivity index (χ1) is 14.8. The van der Waals surface area contributed by atoms with Crippen molar-refractivity contribution in [2.24, 2.45) is 11.3 Å². The quantitative estimate of drug-likeness (QED) is 0.725. The largest absolute Gasteiger partial charge is 0.380 e. The van der Waals surface area contributed by atoms with Crippen LogP contribution in [0.2, 0.25) is 0 Å². The zero-order valence-corrected chi connectivity index (χ0v) is 19.3. The zero-order valence-electron chi connectivity index (χ0n) is 19.3. The summed E-state index contributed by atoms with van der Waals surface area (Å²) in [4.78, 5) is 32.1. The Morgan fingerprint density at radius 2 is 1.71 bits per heavy atom. The molecule has 6 nitrogen and oxygen atoms in total. The van der Waals surface area contributed by atoms with Gasteiger partial charge in [0.05, 0.1) is 13.2 Å². The summed E-state index contributed by atoms with van der Waals surface area (Å²) < 4.78 is 5.29. The van der Waals surface area contributed by atoms with E-state index in [1.807, 2.05) is 11.9 Å². The second-order valence-electron chi connectivity index (χ2n) is 10.3. The van der Waals surface area contributed by atoms with Crippen LogP contribution in [0, 0.1) is 11.3 Å². The fourth-order valence-corrected chi connectivity index (χ4v) is 5.34. The van der Waals surface area contributed by atoms with Gasteiger partial charge in [-0.05, 0) is 62.4 Å². The number of rotatable bonds is 5. The number of carbonyl (C=O) groups is 2. The average molecular weight is 428 g/mol. The van der Waals surface area contributed by atoms with Gasteiger partial charge in [-0.1, -0.05) is 13.8 Å². The molecule has 0 aliphatic carbocycles. The first kappa shape index (κ1) is 22.3. The molecule has 4 rings (SSSR count). The van der Waals surface area contributed by atoms with E-state index in [1.165, 1.54) is 25.9 Å². The van der Waals surface area contributed by atoms with E-state index < -0.39 is 0 Å². The first-order valence-corrected chi connectivity index (χ1v) is 11.8. The molecule has 3 fully saturated rings. The summed E-state index contributed by atoms with van der Waals surface area (Å²) in [5.41, 5.74) is 1.35. The molecule has 1 unspecified atom stereocenters. The number of ether oxygens (including phenoxy) is 1. The van der Waals surface area contributed by atoms with Gasteiger partial charge in [0.15, 0.2) is 0 Å². The number of nitrogens with zero attached hydrogens (tertiary/aromatic N) is 3. The van der Waals surface area contributed by atoms with Crippen LogP contribution < -0.4 is 0 Å². The maximum absolute atomic E-state index is 13.0. The maximum atomic E-state index is 13.0. The van der Waals surface area contributed by atoms with E-state index in [1.54, 1.807) is 29.2 Å². The van der Waals surface area contributed by atoms with Crippen LogP contribution in [0.25, 0.3) is 0 Å². The van der Waals surface area contributed by atoms with Crippen molar-refractivity contribution < 1.29 is 14.3 Å². The zero-order chi connectivity index (χ0) is 22.0. The molecule has 3 heterocycles. The molecule has 1 aromatic carbocycles. The van der Waals surface area contributed by atoms with Crippen molar-refractivity contribution in [2.45, 2.75) is 45.6 Å². The van der Waals surface area contributed by atoms with E-state index in [0.717, 1.165) is 31.8 Å². The minimum Gasteiger partial charge on any atom is -0.380 e. The van der Waals surface area contributed by atoms with Crippen LogP contribution in [-0.2, 0) is 4.74 Å². The number of piperidine rings is 2. The van der Waals surface area contributed by atoms with E-state index in [9.17, 15) is 9.59 Å². The normalized spacial score (nSPS) is 24.5. The van der Waals surface area contributed by atoms with Crippen LogP contribution in [0.4, 0.5) is 0 Å².